The summed E-state index contributed by atoms with van der Waals surface area (Å²) in [5.41, 5.74) is 2.80. The molecule has 2 N–H and O–H groups in total. The minimum Gasteiger partial charge on any atom is -0.354 e. The second-order valence-electron chi connectivity index (χ2n) is 9.29. The predicted octanol–water partition coefficient (Wildman–Crippen LogP) is 2.38. The first-order chi connectivity index (χ1) is 15.6. The number of pyridine rings is 1. The highest BCUT2D eigenvalue weighted by molar-refractivity contribution is 5.80. The molecule has 2 aliphatic rings. The second kappa shape index (κ2) is 8.90. The monoisotopic (exact) mass is 432 g/mol. The summed E-state index contributed by atoms with van der Waals surface area (Å²) in [5.74, 6) is 8.34. The van der Waals surface area contributed by atoms with Crippen molar-refractivity contribution in [2.24, 2.45) is 5.92 Å². The number of unbranched alkanes of at least 4 members (excludes halogenated alkanes) is 1. The van der Waals surface area contributed by atoms with E-state index in [4.69, 9.17) is 15.8 Å². The fourth-order valence-corrected chi connectivity index (χ4v) is 5.01. The van der Waals surface area contributed by atoms with E-state index < -0.39 is 0 Å². The lowest BCUT2D eigenvalue weighted by Gasteiger charge is -2.35. The van der Waals surface area contributed by atoms with Gasteiger partial charge in [-0.05, 0) is 56.3 Å². The highest BCUT2D eigenvalue weighted by Crippen LogP contribution is 2.22. The van der Waals surface area contributed by atoms with Crippen LogP contribution in [0.3, 0.4) is 0 Å². The van der Waals surface area contributed by atoms with Crippen LogP contribution in [-0.2, 0) is 19.3 Å². The molecule has 0 amide bonds. The van der Waals surface area contributed by atoms with E-state index in [1.165, 1.54) is 10.1 Å². The largest absolute Gasteiger partial charge is 0.354 e. The van der Waals surface area contributed by atoms with Gasteiger partial charge in [0, 0.05) is 43.5 Å². The summed E-state index contributed by atoms with van der Waals surface area (Å²) in [6.07, 6.45) is 4.53. The number of nitrogens with two attached hydrogens (primary N) is 1. The van der Waals surface area contributed by atoms with Crippen LogP contribution >= 0.6 is 0 Å². The molecule has 0 saturated carbocycles. The van der Waals surface area contributed by atoms with Crippen molar-refractivity contribution in [2.45, 2.75) is 39.0 Å². The topological polar surface area (TPSA) is 80.3 Å². The van der Waals surface area contributed by atoms with Gasteiger partial charge in [-0.25, -0.2) is 14.6 Å². The number of aryl methyl sites for hydroxylation is 1. The van der Waals surface area contributed by atoms with Gasteiger partial charge in [0.15, 0.2) is 0 Å². The van der Waals surface area contributed by atoms with Gasteiger partial charge in [0.2, 0.25) is 0 Å². The van der Waals surface area contributed by atoms with E-state index in [0.717, 1.165) is 93.2 Å². The summed E-state index contributed by atoms with van der Waals surface area (Å²) < 4.78 is 1.28. The summed E-state index contributed by atoms with van der Waals surface area (Å²) in [7, 11) is 0. The van der Waals surface area contributed by atoms with Crippen molar-refractivity contribution in [2.75, 3.05) is 43.5 Å². The number of anilines is 1. The Kier molecular flexibility index (Phi) is 5.83. The molecule has 2 aromatic heterocycles. The third-order valence-electron chi connectivity index (χ3n) is 6.87. The maximum atomic E-state index is 12.5. The van der Waals surface area contributed by atoms with Crippen molar-refractivity contribution in [3.63, 3.8) is 0 Å². The normalized spacial score (nSPS) is 18.9. The van der Waals surface area contributed by atoms with E-state index in [2.05, 4.69) is 47.1 Å². The SMILES string of the molecule is CC1Cc2nc(CCCCN3CCN(c4ccc5ccccc5n4)CC3)n(N)c(=O)c2C1. The van der Waals surface area contributed by atoms with Gasteiger partial charge in [-0.15, -0.1) is 0 Å². The third-order valence-corrected chi connectivity index (χ3v) is 6.87. The number of piperazine rings is 1. The average Bonchev–Trinajstić information content (AvgIpc) is 3.20. The maximum Gasteiger partial charge on any atom is 0.275 e. The van der Waals surface area contributed by atoms with E-state index in [1.807, 2.05) is 6.07 Å². The summed E-state index contributed by atoms with van der Waals surface area (Å²) >= 11 is 0. The van der Waals surface area contributed by atoms with Crippen LogP contribution in [0.15, 0.2) is 41.2 Å². The Morgan fingerprint density at radius 1 is 1.00 bits per heavy atom. The lowest BCUT2D eigenvalue weighted by Crippen LogP contribution is -2.46. The molecule has 0 bridgehead atoms. The molecule has 7 heteroatoms. The smallest absolute Gasteiger partial charge is 0.275 e. The minimum absolute atomic E-state index is 0.0484. The fraction of sp³-hybridized carbons (Fsp3) is 0.480. The highest BCUT2D eigenvalue weighted by Gasteiger charge is 2.24. The van der Waals surface area contributed by atoms with Crippen molar-refractivity contribution >= 4 is 16.7 Å². The molecular formula is C25H32N6O. The van der Waals surface area contributed by atoms with Gasteiger partial charge in [-0.1, -0.05) is 25.1 Å². The van der Waals surface area contributed by atoms with Crippen LogP contribution < -0.4 is 16.3 Å². The van der Waals surface area contributed by atoms with Gasteiger partial charge in [-0.2, -0.15) is 0 Å². The van der Waals surface area contributed by atoms with Crippen LogP contribution in [0.2, 0.25) is 0 Å². The molecule has 3 aromatic rings. The second-order valence-corrected chi connectivity index (χ2v) is 9.29. The van der Waals surface area contributed by atoms with E-state index in [0.29, 0.717) is 5.92 Å². The van der Waals surface area contributed by atoms with Gasteiger partial charge in [-0.3, -0.25) is 9.69 Å². The number of hydrogen-bond acceptors (Lipinski definition) is 6. The molecule has 1 saturated heterocycles. The number of benzene rings is 1. The Labute approximate surface area is 188 Å². The molecule has 32 heavy (non-hydrogen) atoms. The molecule has 1 fully saturated rings. The molecule has 5 rings (SSSR count). The lowest BCUT2D eigenvalue weighted by molar-refractivity contribution is 0.252. The predicted molar refractivity (Wildman–Crippen MR) is 129 cm³/mol. The molecular weight excluding hydrogens is 400 g/mol. The van der Waals surface area contributed by atoms with Gasteiger partial charge < -0.3 is 10.7 Å². The van der Waals surface area contributed by atoms with E-state index in [-0.39, 0.29) is 5.56 Å². The van der Waals surface area contributed by atoms with Crippen LogP contribution in [0.5, 0.6) is 0 Å². The molecule has 168 valence electrons. The van der Waals surface area contributed by atoms with Crippen LogP contribution in [0.1, 0.15) is 36.8 Å². The van der Waals surface area contributed by atoms with Crippen molar-refractivity contribution in [3.8, 4) is 0 Å². The molecule has 0 spiro atoms. The lowest BCUT2D eigenvalue weighted by atomic mass is 10.1. The number of aromatic nitrogens is 3. The van der Waals surface area contributed by atoms with Gasteiger partial charge in [0.05, 0.1) is 11.2 Å². The molecule has 1 aromatic carbocycles. The fourth-order valence-electron chi connectivity index (χ4n) is 5.01. The first-order valence-corrected chi connectivity index (χ1v) is 11.8. The molecule has 0 radical (unpaired) electrons. The van der Waals surface area contributed by atoms with Crippen LogP contribution in [0.4, 0.5) is 5.82 Å². The van der Waals surface area contributed by atoms with Crippen molar-refractivity contribution in [1.29, 1.82) is 0 Å². The quantitative estimate of drug-likeness (QED) is 0.476. The summed E-state index contributed by atoms with van der Waals surface area (Å²) in [5, 5.41) is 1.19. The maximum absolute atomic E-state index is 12.5. The highest BCUT2D eigenvalue weighted by atomic mass is 16.1. The van der Waals surface area contributed by atoms with Crippen LogP contribution in [0, 0.1) is 5.92 Å². The van der Waals surface area contributed by atoms with E-state index in [1.54, 1.807) is 0 Å². The van der Waals surface area contributed by atoms with Crippen molar-refractivity contribution < 1.29 is 0 Å². The minimum atomic E-state index is -0.0484. The number of hydrogen-bond donors (Lipinski definition) is 1. The summed E-state index contributed by atoms with van der Waals surface area (Å²) in [6.45, 7) is 7.32. The Hall–Kier alpha value is -2.93. The standard InChI is InChI=1S/C25H32N6O/c1-18-16-20-22(17-18)28-24(31(26)25(20)32)8-4-5-11-29-12-14-30(15-13-29)23-10-9-19-6-2-3-7-21(19)27-23/h2-3,6-7,9-10,18H,4-5,8,11-17,26H2,1H3. The number of nitrogen functional groups attached to an aromatic ring is 1. The zero-order chi connectivity index (χ0) is 22.1. The van der Waals surface area contributed by atoms with Gasteiger partial charge in [0.1, 0.15) is 11.6 Å². The van der Waals surface area contributed by atoms with Crippen LogP contribution in [-0.4, -0.2) is 52.3 Å². The Balaban J connectivity index is 1.10. The molecule has 3 heterocycles. The Bertz CT molecular complexity index is 1160. The summed E-state index contributed by atoms with van der Waals surface area (Å²) in [6, 6.07) is 12.6. The molecule has 1 aliphatic carbocycles. The first-order valence-electron chi connectivity index (χ1n) is 11.8. The van der Waals surface area contributed by atoms with E-state index in [9.17, 15) is 4.79 Å². The zero-order valence-electron chi connectivity index (χ0n) is 18.8. The zero-order valence-corrected chi connectivity index (χ0v) is 18.8. The number of fused-ring (bicyclic) bond motifs is 2. The Morgan fingerprint density at radius 3 is 2.66 bits per heavy atom. The number of rotatable bonds is 6. The molecule has 7 nitrogen and oxygen atoms in total. The molecule has 1 atom stereocenters. The number of nitrogens with zero attached hydrogens (tertiary/aromatic N) is 5. The van der Waals surface area contributed by atoms with Gasteiger partial charge in [0.25, 0.3) is 5.56 Å². The Morgan fingerprint density at radius 2 is 1.81 bits per heavy atom. The third kappa shape index (κ3) is 4.21. The van der Waals surface area contributed by atoms with Gasteiger partial charge >= 0.3 is 0 Å². The summed E-state index contributed by atoms with van der Waals surface area (Å²) in [4.78, 5) is 27.0. The number of para-hydroxylation sites is 1. The van der Waals surface area contributed by atoms with E-state index >= 15 is 0 Å². The van der Waals surface area contributed by atoms with Crippen molar-refractivity contribution in [1.82, 2.24) is 19.5 Å². The first kappa shape index (κ1) is 20.9. The molecule has 1 unspecified atom stereocenters. The average molecular weight is 433 g/mol. The van der Waals surface area contributed by atoms with Crippen LogP contribution in [0.25, 0.3) is 10.9 Å². The van der Waals surface area contributed by atoms with Crippen molar-refractivity contribution in [3.05, 3.63) is 63.8 Å². The molecule has 1 aliphatic heterocycles.